The number of hydrogen-bond acceptors (Lipinski definition) is 6. The topological polar surface area (TPSA) is 72.2 Å². The van der Waals surface area contributed by atoms with Crippen molar-refractivity contribution in [2.24, 2.45) is 0 Å². The van der Waals surface area contributed by atoms with E-state index in [2.05, 4.69) is 20.8 Å². The van der Waals surface area contributed by atoms with Crippen molar-refractivity contribution in [1.82, 2.24) is 20.8 Å². The summed E-state index contributed by atoms with van der Waals surface area (Å²) in [4.78, 5) is 4.24. The molecule has 0 bridgehead atoms. The Kier molecular flexibility index (Phi) is 4.97. The predicted octanol–water partition coefficient (Wildman–Crippen LogP) is -0.128. The van der Waals surface area contributed by atoms with Crippen LogP contribution in [0.25, 0.3) is 0 Å². The molecule has 2 N–H and O–H groups in total. The van der Waals surface area contributed by atoms with E-state index in [4.69, 9.17) is 9.26 Å². The molecular weight excluding hydrogens is 220 g/mol. The van der Waals surface area contributed by atoms with Crippen molar-refractivity contribution < 1.29 is 9.26 Å². The summed E-state index contributed by atoms with van der Waals surface area (Å²) in [6.45, 7) is 2.79. The molecule has 0 aliphatic carbocycles. The first kappa shape index (κ1) is 12.4. The molecule has 1 saturated heterocycles. The van der Waals surface area contributed by atoms with Gasteiger partial charge in [-0.1, -0.05) is 5.16 Å². The molecule has 0 saturated carbocycles. The molecule has 0 radical (unpaired) electrons. The second kappa shape index (κ2) is 6.02. The van der Waals surface area contributed by atoms with E-state index in [0.29, 0.717) is 24.9 Å². The highest BCUT2D eigenvalue weighted by Gasteiger charge is 2.20. The van der Waals surface area contributed by atoms with Crippen molar-refractivity contribution in [3.63, 3.8) is 0 Å². The first-order valence-electron chi connectivity index (χ1n) is 4.68. The van der Waals surface area contributed by atoms with E-state index in [1.807, 2.05) is 7.05 Å². The summed E-state index contributed by atoms with van der Waals surface area (Å²) in [5.41, 5.74) is 0. The Labute approximate surface area is 94.2 Å². The zero-order chi connectivity index (χ0) is 9.80. The Morgan fingerprint density at radius 1 is 1.60 bits per heavy atom. The lowest BCUT2D eigenvalue weighted by molar-refractivity contribution is 0.0734. The highest BCUT2D eigenvalue weighted by Crippen LogP contribution is 2.11. The Morgan fingerprint density at radius 3 is 3.13 bits per heavy atom. The average molecular weight is 235 g/mol. The van der Waals surface area contributed by atoms with Crippen molar-refractivity contribution in [2.45, 2.75) is 12.6 Å². The molecule has 2 rings (SSSR count). The van der Waals surface area contributed by atoms with Crippen molar-refractivity contribution in [3.8, 4) is 0 Å². The van der Waals surface area contributed by atoms with Crippen molar-refractivity contribution in [3.05, 3.63) is 11.7 Å². The highest BCUT2D eigenvalue weighted by atomic mass is 35.5. The lowest BCUT2D eigenvalue weighted by Gasteiger charge is -2.20. The molecule has 6 nitrogen and oxygen atoms in total. The molecule has 15 heavy (non-hydrogen) atoms. The molecule has 86 valence electrons. The molecule has 7 heteroatoms. The van der Waals surface area contributed by atoms with Gasteiger partial charge in [-0.2, -0.15) is 4.98 Å². The third kappa shape index (κ3) is 3.13. The fourth-order valence-corrected chi connectivity index (χ4v) is 1.36. The van der Waals surface area contributed by atoms with Crippen LogP contribution in [0.15, 0.2) is 4.52 Å². The zero-order valence-electron chi connectivity index (χ0n) is 8.52. The molecule has 1 atom stereocenters. The molecule has 2 heterocycles. The Balaban J connectivity index is 0.00000112. The van der Waals surface area contributed by atoms with E-state index in [1.165, 1.54) is 0 Å². The maximum absolute atomic E-state index is 5.31. The van der Waals surface area contributed by atoms with E-state index >= 15 is 0 Å². The second-order valence-electron chi connectivity index (χ2n) is 3.16. The van der Waals surface area contributed by atoms with Crippen LogP contribution in [-0.2, 0) is 11.3 Å². The molecule has 0 spiro atoms. The van der Waals surface area contributed by atoms with Gasteiger partial charge in [0.25, 0.3) is 0 Å². The van der Waals surface area contributed by atoms with Gasteiger partial charge in [-0.3, -0.25) is 0 Å². The quantitative estimate of drug-likeness (QED) is 0.759. The molecule has 1 aliphatic rings. The summed E-state index contributed by atoms with van der Waals surface area (Å²) in [6, 6.07) is 0.0677. The van der Waals surface area contributed by atoms with Gasteiger partial charge in [0.05, 0.1) is 25.8 Å². The van der Waals surface area contributed by atoms with Crippen molar-refractivity contribution in [1.29, 1.82) is 0 Å². The molecule has 1 aromatic rings. The average Bonchev–Trinajstić information content (AvgIpc) is 2.68. The van der Waals surface area contributed by atoms with Gasteiger partial charge in [0.1, 0.15) is 0 Å². The number of ether oxygens (including phenoxy) is 1. The van der Waals surface area contributed by atoms with Gasteiger partial charge in [0.2, 0.25) is 5.89 Å². The van der Waals surface area contributed by atoms with Gasteiger partial charge >= 0.3 is 0 Å². The van der Waals surface area contributed by atoms with Crippen LogP contribution in [0.2, 0.25) is 0 Å². The summed E-state index contributed by atoms with van der Waals surface area (Å²) in [5, 5.41) is 10.1. The number of hydrogen-bond donors (Lipinski definition) is 2. The van der Waals surface area contributed by atoms with Crippen LogP contribution in [0.1, 0.15) is 17.8 Å². The Morgan fingerprint density at radius 2 is 2.47 bits per heavy atom. The summed E-state index contributed by atoms with van der Waals surface area (Å²) < 4.78 is 10.3. The standard InChI is InChI=1S/C8H14N4O2.ClH/c1-9-4-7-11-8(12-14-7)6-5-13-3-2-10-6;/h6,9-10H,2-5H2,1H3;1H. The van der Waals surface area contributed by atoms with Crippen LogP contribution in [0.4, 0.5) is 0 Å². The van der Waals surface area contributed by atoms with E-state index in [-0.39, 0.29) is 18.4 Å². The van der Waals surface area contributed by atoms with Crippen LogP contribution in [0.3, 0.4) is 0 Å². The van der Waals surface area contributed by atoms with E-state index < -0.39 is 0 Å². The van der Waals surface area contributed by atoms with Gasteiger partial charge in [-0.25, -0.2) is 0 Å². The summed E-state index contributed by atoms with van der Waals surface area (Å²) in [5.74, 6) is 1.28. The fraction of sp³-hybridized carbons (Fsp3) is 0.750. The largest absolute Gasteiger partial charge is 0.378 e. The summed E-state index contributed by atoms with van der Waals surface area (Å²) >= 11 is 0. The SMILES string of the molecule is CNCc1nc(C2COCCN2)no1.Cl. The molecular formula is C8H15ClN4O2. The third-order valence-electron chi connectivity index (χ3n) is 2.05. The normalized spacial score (nSPS) is 21.0. The van der Waals surface area contributed by atoms with Crippen LogP contribution in [0, 0.1) is 0 Å². The number of nitrogens with one attached hydrogen (secondary N) is 2. The van der Waals surface area contributed by atoms with Crippen molar-refractivity contribution in [2.75, 3.05) is 26.8 Å². The summed E-state index contributed by atoms with van der Waals surface area (Å²) in [7, 11) is 1.84. The predicted molar refractivity (Wildman–Crippen MR) is 55.9 cm³/mol. The van der Waals surface area contributed by atoms with Crippen LogP contribution in [0.5, 0.6) is 0 Å². The number of morpholine rings is 1. The van der Waals surface area contributed by atoms with E-state index in [0.717, 1.165) is 13.2 Å². The molecule has 1 aromatic heterocycles. The van der Waals surface area contributed by atoms with Gasteiger partial charge in [-0.15, -0.1) is 12.4 Å². The number of aromatic nitrogens is 2. The molecule has 0 amide bonds. The van der Waals surface area contributed by atoms with Crippen LogP contribution in [-0.4, -0.2) is 36.9 Å². The van der Waals surface area contributed by atoms with Gasteiger partial charge in [-0.05, 0) is 7.05 Å². The zero-order valence-corrected chi connectivity index (χ0v) is 9.34. The Hall–Kier alpha value is -0.690. The minimum Gasteiger partial charge on any atom is -0.378 e. The summed E-state index contributed by atoms with van der Waals surface area (Å²) in [6.07, 6.45) is 0. The Bertz CT molecular complexity index is 288. The molecule has 1 unspecified atom stereocenters. The first-order valence-corrected chi connectivity index (χ1v) is 4.68. The van der Waals surface area contributed by atoms with Crippen LogP contribution < -0.4 is 10.6 Å². The number of nitrogens with zero attached hydrogens (tertiary/aromatic N) is 2. The van der Waals surface area contributed by atoms with Crippen molar-refractivity contribution >= 4 is 12.4 Å². The van der Waals surface area contributed by atoms with E-state index in [1.54, 1.807) is 0 Å². The van der Waals surface area contributed by atoms with Gasteiger partial charge in [0.15, 0.2) is 5.82 Å². The minimum absolute atomic E-state index is 0. The lowest BCUT2D eigenvalue weighted by atomic mass is 10.2. The molecule has 0 aromatic carbocycles. The minimum atomic E-state index is 0. The molecule has 1 aliphatic heterocycles. The number of halogens is 1. The lowest BCUT2D eigenvalue weighted by Crippen LogP contribution is -2.35. The number of rotatable bonds is 3. The van der Waals surface area contributed by atoms with Crippen LogP contribution >= 0.6 is 12.4 Å². The molecule has 1 fully saturated rings. The van der Waals surface area contributed by atoms with Gasteiger partial charge in [0, 0.05) is 6.54 Å². The fourth-order valence-electron chi connectivity index (χ4n) is 1.36. The monoisotopic (exact) mass is 234 g/mol. The highest BCUT2D eigenvalue weighted by molar-refractivity contribution is 5.85. The van der Waals surface area contributed by atoms with Gasteiger partial charge < -0.3 is 19.9 Å². The second-order valence-corrected chi connectivity index (χ2v) is 3.16. The maximum Gasteiger partial charge on any atom is 0.240 e. The third-order valence-corrected chi connectivity index (χ3v) is 2.05. The first-order chi connectivity index (χ1) is 6.90. The van der Waals surface area contributed by atoms with E-state index in [9.17, 15) is 0 Å². The maximum atomic E-state index is 5.31. The smallest absolute Gasteiger partial charge is 0.240 e.